The summed E-state index contributed by atoms with van der Waals surface area (Å²) >= 11 is 0. The van der Waals surface area contributed by atoms with E-state index >= 15 is 0 Å². The second-order valence-corrected chi connectivity index (χ2v) is 8.12. The third-order valence-electron chi connectivity index (χ3n) is 6.54. The summed E-state index contributed by atoms with van der Waals surface area (Å²) in [6.07, 6.45) is 3.93. The number of carbonyl (C=O) groups is 3. The van der Waals surface area contributed by atoms with E-state index in [-0.39, 0.29) is 24.4 Å². The molecule has 30 heavy (non-hydrogen) atoms. The molecule has 0 radical (unpaired) electrons. The molecule has 2 saturated heterocycles. The molecule has 2 fully saturated rings. The highest BCUT2D eigenvalue weighted by Gasteiger charge is 2.59. The van der Waals surface area contributed by atoms with Crippen LogP contribution in [0.4, 0.5) is 10.5 Å². The highest BCUT2D eigenvalue weighted by molar-refractivity contribution is 6.07. The second-order valence-electron chi connectivity index (χ2n) is 8.12. The fourth-order valence-electron chi connectivity index (χ4n) is 5.06. The van der Waals surface area contributed by atoms with E-state index in [9.17, 15) is 14.4 Å². The Morgan fingerprint density at radius 2 is 2.00 bits per heavy atom. The number of hydrogen-bond acceptors (Lipinski definition) is 4. The van der Waals surface area contributed by atoms with E-state index in [0.717, 1.165) is 16.8 Å². The van der Waals surface area contributed by atoms with Gasteiger partial charge in [0.25, 0.3) is 0 Å². The van der Waals surface area contributed by atoms with Gasteiger partial charge < -0.3 is 20.0 Å². The van der Waals surface area contributed by atoms with Crippen LogP contribution in [0.15, 0.2) is 48.8 Å². The predicted molar refractivity (Wildman–Crippen MR) is 110 cm³/mol. The molecule has 1 aromatic heterocycles. The van der Waals surface area contributed by atoms with E-state index < -0.39 is 11.5 Å². The number of anilines is 1. The lowest BCUT2D eigenvalue weighted by Crippen LogP contribution is -2.46. The zero-order valence-corrected chi connectivity index (χ0v) is 16.7. The minimum Gasteiger partial charge on any atom is -0.333 e. The second kappa shape index (κ2) is 6.83. The normalized spacial score (nSPS) is 25.2. The molecule has 8 heteroatoms. The first kappa shape index (κ1) is 18.6. The van der Waals surface area contributed by atoms with Crippen molar-refractivity contribution in [3.63, 3.8) is 0 Å². The number of pyridine rings is 1. The lowest BCUT2D eigenvalue weighted by molar-refractivity contribution is -0.134. The van der Waals surface area contributed by atoms with Gasteiger partial charge in [0.1, 0.15) is 12.0 Å². The summed E-state index contributed by atoms with van der Waals surface area (Å²) in [6.45, 7) is 1.59. The predicted octanol–water partition coefficient (Wildman–Crippen LogP) is 1.61. The number of fused-ring (bicyclic) bond motifs is 2. The van der Waals surface area contributed by atoms with Crippen molar-refractivity contribution in [3.8, 4) is 0 Å². The smallest absolute Gasteiger partial charge is 0.320 e. The van der Waals surface area contributed by atoms with Crippen LogP contribution >= 0.6 is 0 Å². The number of likely N-dealkylation sites (N-methyl/N-ethyl adjacent to an activating group) is 1. The Hall–Kier alpha value is -3.42. The molecule has 5 rings (SSSR count). The first-order valence-corrected chi connectivity index (χ1v) is 10.1. The fourth-order valence-corrected chi connectivity index (χ4v) is 5.06. The summed E-state index contributed by atoms with van der Waals surface area (Å²) in [5.41, 5.74) is 1.67. The minimum absolute atomic E-state index is 0.0132. The van der Waals surface area contributed by atoms with E-state index in [0.29, 0.717) is 26.1 Å². The lowest BCUT2D eigenvalue weighted by Gasteiger charge is -2.34. The molecule has 2 aromatic rings. The quantitative estimate of drug-likeness (QED) is 0.841. The third kappa shape index (κ3) is 2.59. The first-order chi connectivity index (χ1) is 14.5. The van der Waals surface area contributed by atoms with Gasteiger partial charge in [0, 0.05) is 44.8 Å². The SMILES string of the molecule is CN1CCN(CC(=O)N2CCC3(C(=O)Nc4ccccc43)C2c2cccnc2)C1=O. The Labute approximate surface area is 174 Å². The Morgan fingerprint density at radius 3 is 2.73 bits per heavy atom. The zero-order valence-electron chi connectivity index (χ0n) is 16.7. The molecule has 8 nitrogen and oxygen atoms in total. The number of hydrogen-bond donors (Lipinski definition) is 1. The van der Waals surface area contributed by atoms with Gasteiger partial charge in [-0.25, -0.2) is 4.79 Å². The van der Waals surface area contributed by atoms with Crippen LogP contribution in [0, 0.1) is 0 Å². The molecule has 0 aliphatic carbocycles. The number of nitrogens with zero attached hydrogens (tertiary/aromatic N) is 4. The standard InChI is InChI=1S/C22H23N5O3/c1-25-11-12-26(21(25)30)14-18(28)27-10-8-22(19(27)15-5-4-9-23-13-15)16-6-2-3-7-17(16)24-20(22)29/h2-7,9,13,19H,8,10-12,14H2,1H3,(H,24,29). The number of para-hydroxylation sites is 1. The van der Waals surface area contributed by atoms with Crippen molar-refractivity contribution in [1.29, 1.82) is 0 Å². The number of carbonyl (C=O) groups excluding carboxylic acids is 3. The molecule has 1 N–H and O–H groups in total. The van der Waals surface area contributed by atoms with E-state index in [2.05, 4.69) is 10.3 Å². The lowest BCUT2D eigenvalue weighted by atomic mass is 9.73. The molecule has 2 atom stereocenters. The van der Waals surface area contributed by atoms with Gasteiger partial charge in [-0.05, 0) is 29.7 Å². The van der Waals surface area contributed by atoms with Gasteiger partial charge in [0.15, 0.2) is 0 Å². The molecule has 4 heterocycles. The molecule has 2 unspecified atom stereocenters. The topological polar surface area (TPSA) is 85.8 Å². The van der Waals surface area contributed by atoms with Crippen LogP contribution in [0.25, 0.3) is 0 Å². The average molecular weight is 405 g/mol. The van der Waals surface area contributed by atoms with Crippen LogP contribution < -0.4 is 5.32 Å². The van der Waals surface area contributed by atoms with Crippen LogP contribution in [-0.4, -0.2) is 70.8 Å². The van der Waals surface area contributed by atoms with E-state index in [4.69, 9.17) is 0 Å². The number of benzene rings is 1. The van der Waals surface area contributed by atoms with Crippen LogP contribution in [0.5, 0.6) is 0 Å². The molecule has 3 aliphatic heterocycles. The monoisotopic (exact) mass is 405 g/mol. The minimum atomic E-state index is -0.860. The van der Waals surface area contributed by atoms with Crippen molar-refractivity contribution in [2.24, 2.45) is 0 Å². The van der Waals surface area contributed by atoms with Crippen molar-refractivity contribution >= 4 is 23.5 Å². The highest BCUT2D eigenvalue weighted by atomic mass is 16.2. The van der Waals surface area contributed by atoms with E-state index in [1.54, 1.807) is 34.1 Å². The van der Waals surface area contributed by atoms with Crippen molar-refractivity contribution in [1.82, 2.24) is 19.7 Å². The molecule has 4 amide bonds. The highest BCUT2D eigenvalue weighted by Crippen LogP contribution is 2.54. The van der Waals surface area contributed by atoms with Crippen LogP contribution in [0.2, 0.25) is 0 Å². The maximum Gasteiger partial charge on any atom is 0.320 e. The van der Waals surface area contributed by atoms with Crippen molar-refractivity contribution < 1.29 is 14.4 Å². The molecule has 154 valence electrons. The summed E-state index contributed by atoms with van der Waals surface area (Å²) in [4.78, 5) is 48.1. The van der Waals surface area contributed by atoms with Crippen molar-refractivity contribution in [3.05, 3.63) is 59.9 Å². The van der Waals surface area contributed by atoms with Crippen molar-refractivity contribution in [2.75, 3.05) is 38.5 Å². The molecular weight excluding hydrogens is 382 g/mol. The molecule has 3 aliphatic rings. The first-order valence-electron chi connectivity index (χ1n) is 10.1. The Kier molecular flexibility index (Phi) is 4.23. The van der Waals surface area contributed by atoms with Gasteiger partial charge in [-0.15, -0.1) is 0 Å². The number of likely N-dealkylation sites (tertiary alicyclic amines) is 1. The number of aromatic nitrogens is 1. The number of rotatable bonds is 3. The van der Waals surface area contributed by atoms with Crippen molar-refractivity contribution in [2.45, 2.75) is 17.9 Å². The summed E-state index contributed by atoms with van der Waals surface area (Å²) in [6, 6.07) is 10.8. The Morgan fingerprint density at radius 1 is 1.17 bits per heavy atom. The maximum atomic E-state index is 13.4. The fraction of sp³-hybridized carbons (Fsp3) is 0.364. The molecule has 1 spiro atoms. The van der Waals surface area contributed by atoms with Gasteiger partial charge >= 0.3 is 6.03 Å². The summed E-state index contributed by atoms with van der Waals surface area (Å²) in [7, 11) is 1.73. The van der Waals surface area contributed by atoms with Gasteiger partial charge in [-0.1, -0.05) is 24.3 Å². The van der Waals surface area contributed by atoms with E-state index in [1.807, 2.05) is 36.4 Å². The summed E-state index contributed by atoms with van der Waals surface area (Å²) in [5.74, 6) is -0.244. The number of urea groups is 1. The van der Waals surface area contributed by atoms with Crippen LogP contribution in [0.3, 0.4) is 0 Å². The third-order valence-corrected chi connectivity index (χ3v) is 6.54. The number of amides is 4. The largest absolute Gasteiger partial charge is 0.333 e. The van der Waals surface area contributed by atoms with Gasteiger partial charge in [-0.2, -0.15) is 0 Å². The van der Waals surface area contributed by atoms with Gasteiger partial charge in [-0.3, -0.25) is 14.6 Å². The maximum absolute atomic E-state index is 13.4. The Balaban J connectivity index is 1.54. The molecular formula is C22H23N5O3. The number of nitrogens with one attached hydrogen (secondary N) is 1. The van der Waals surface area contributed by atoms with Gasteiger partial charge in [0.05, 0.1) is 6.04 Å². The average Bonchev–Trinajstić information content (AvgIpc) is 3.40. The molecule has 0 saturated carbocycles. The van der Waals surface area contributed by atoms with E-state index in [1.165, 1.54) is 0 Å². The van der Waals surface area contributed by atoms with Crippen LogP contribution in [0.1, 0.15) is 23.6 Å². The van der Waals surface area contributed by atoms with Gasteiger partial charge in [0.2, 0.25) is 11.8 Å². The molecule has 1 aromatic carbocycles. The zero-order chi connectivity index (χ0) is 20.9. The molecule has 0 bridgehead atoms. The summed E-state index contributed by atoms with van der Waals surface area (Å²) < 4.78 is 0. The van der Waals surface area contributed by atoms with Crippen LogP contribution in [-0.2, 0) is 15.0 Å². The Bertz CT molecular complexity index is 1030. The summed E-state index contributed by atoms with van der Waals surface area (Å²) in [5, 5.41) is 3.01.